The Balaban J connectivity index is 2.31. The Hall–Kier alpha value is -1.61. The summed E-state index contributed by atoms with van der Waals surface area (Å²) in [6.07, 6.45) is 6.05. The third-order valence-electron chi connectivity index (χ3n) is 2.79. The summed E-state index contributed by atoms with van der Waals surface area (Å²) in [6, 6.07) is 8.56. The lowest BCUT2D eigenvalue weighted by Crippen LogP contribution is -2.06. The lowest BCUT2D eigenvalue weighted by molar-refractivity contribution is 0.811. The second-order valence-electron chi connectivity index (χ2n) is 4.21. The first kappa shape index (κ1) is 11.9. The maximum absolute atomic E-state index is 4.24. The van der Waals surface area contributed by atoms with Crippen LogP contribution in [0.3, 0.4) is 0 Å². The lowest BCUT2D eigenvalue weighted by atomic mass is 10.2. The number of benzene rings is 1. The summed E-state index contributed by atoms with van der Waals surface area (Å²) in [5.41, 5.74) is 3.76. The van der Waals surface area contributed by atoms with E-state index in [1.807, 2.05) is 19.6 Å². The van der Waals surface area contributed by atoms with E-state index in [1.165, 1.54) is 16.9 Å². The van der Waals surface area contributed by atoms with Crippen molar-refractivity contribution in [1.82, 2.24) is 14.9 Å². The van der Waals surface area contributed by atoms with E-state index < -0.39 is 0 Å². The van der Waals surface area contributed by atoms with Crippen LogP contribution in [0.5, 0.6) is 0 Å². The molecule has 1 aromatic heterocycles. The highest BCUT2D eigenvalue weighted by Gasteiger charge is 2.03. The molecule has 0 aliphatic heterocycles. The van der Waals surface area contributed by atoms with Crippen LogP contribution in [0, 0.1) is 0 Å². The van der Waals surface area contributed by atoms with Gasteiger partial charge in [0.2, 0.25) is 0 Å². The van der Waals surface area contributed by atoms with Crippen LogP contribution < -0.4 is 5.32 Å². The van der Waals surface area contributed by atoms with Crippen LogP contribution in [0.2, 0.25) is 0 Å². The standard InChI is InChI=1S/C14H19N3/c1-3-5-14-10-16-11-17(14)13-7-4-6-12(8-13)9-15-2/h4,6-8,10-11,15H,3,5,9H2,1-2H3. The molecule has 0 aliphatic rings. The second-order valence-corrected chi connectivity index (χ2v) is 4.21. The molecule has 3 nitrogen and oxygen atoms in total. The number of rotatable bonds is 5. The Morgan fingerprint density at radius 2 is 2.24 bits per heavy atom. The summed E-state index contributed by atoms with van der Waals surface area (Å²) in [7, 11) is 1.96. The first-order chi connectivity index (χ1) is 8.35. The van der Waals surface area contributed by atoms with Crippen LogP contribution in [-0.2, 0) is 13.0 Å². The number of hydrogen-bond acceptors (Lipinski definition) is 2. The topological polar surface area (TPSA) is 29.9 Å². The summed E-state index contributed by atoms with van der Waals surface area (Å²) in [6.45, 7) is 3.08. The largest absolute Gasteiger partial charge is 0.316 e. The minimum atomic E-state index is 0.894. The molecule has 1 aromatic carbocycles. The van der Waals surface area contributed by atoms with Crippen molar-refractivity contribution < 1.29 is 0 Å². The van der Waals surface area contributed by atoms with E-state index >= 15 is 0 Å². The molecule has 0 spiro atoms. The number of aryl methyl sites for hydroxylation is 1. The molecule has 17 heavy (non-hydrogen) atoms. The van der Waals surface area contributed by atoms with E-state index in [1.54, 1.807) is 0 Å². The summed E-state index contributed by atoms with van der Waals surface area (Å²) in [4.78, 5) is 4.24. The van der Waals surface area contributed by atoms with Crippen molar-refractivity contribution in [2.24, 2.45) is 0 Å². The Morgan fingerprint density at radius 3 is 3.00 bits per heavy atom. The van der Waals surface area contributed by atoms with Gasteiger partial charge < -0.3 is 9.88 Å². The van der Waals surface area contributed by atoms with Gasteiger partial charge in [-0.3, -0.25) is 0 Å². The Labute approximate surface area is 103 Å². The molecule has 0 unspecified atom stereocenters. The summed E-state index contributed by atoms with van der Waals surface area (Å²) >= 11 is 0. The van der Waals surface area contributed by atoms with Gasteiger partial charge in [-0.1, -0.05) is 25.5 Å². The summed E-state index contributed by atoms with van der Waals surface area (Å²) in [5, 5.41) is 3.17. The van der Waals surface area contributed by atoms with Crippen molar-refractivity contribution in [3.05, 3.63) is 48.0 Å². The van der Waals surface area contributed by atoms with E-state index in [0.717, 1.165) is 19.4 Å². The number of nitrogens with zero attached hydrogens (tertiary/aromatic N) is 2. The normalized spacial score (nSPS) is 10.7. The Bertz CT molecular complexity index is 474. The number of nitrogens with one attached hydrogen (secondary N) is 1. The molecule has 0 saturated heterocycles. The fraction of sp³-hybridized carbons (Fsp3) is 0.357. The van der Waals surface area contributed by atoms with E-state index in [-0.39, 0.29) is 0 Å². The van der Waals surface area contributed by atoms with E-state index in [0.29, 0.717) is 0 Å². The smallest absolute Gasteiger partial charge is 0.0994 e. The van der Waals surface area contributed by atoms with Crippen molar-refractivity contribution in [1.29, 1.82) is 0 Å². The zero-order valence-electron chi connectivity index (χ0n) is 10.5. The molecular formula is C14H19N3. The maximum Gasteiger partial charge on any atom is 0.0994 e. The van der Waals surface area contributed by atoms with E-state index in [4.69, 9.17) is 0 Å². The summed E-state index contributed by atoms with van der Waals surface area (Å²) in [5.74, 6) is 0. The fourth-order valence-electron chi connectivity index (χ4n) is 2.02. The van der Waals surface area contributed by atoms with E-state index in [9.17, 15) is 0 Å². The van der Waals surface area contributed by atoms with Crippen LogP contribution in [0.25, 0.3) is 5.69 Å². The molecule has 0 saturated carbocycles. The molecule has 1 N–H and O–H groups in total. The second kappa shape index (κ2) is 5.64. The van der Waals surface area contributed by atoms with Crippen LogP contribution in [0.1, 0.15) is 24.6 Å². The zero-order chi connectivity index (χ0) is 12.1. The van der Waals surface area contributed by atoms with Gasteiger partial charge in [0.1, 0.15) is 0 Å². The van der Waals surface area contributed by atoms with Gasteiger partial charge in [-0.25, -0.2) is 4.98 Å². The summed E-state index contributed by atoms with van der Waals surface area (Å²) < 4.78 is 2.17. The SMILES string of the molecule is CCCc1cncn1-c1cccc(CNC)c1. The predicted octanol–water partition coefficient (Wildman–Crippen LogP) is 2.54. The van der Waals surface area contributed by atoms with Gasteiger partial charge in [-0.05, 0) is 31.2 Å². The zero-order valence-corrected chi connectivity index (χ0v) is 10.5. The molecule has 0 aliphatic carbocycles. The maximum atomic E-state index is 4.24. The van der Waals surface area contributed by atoms with Crippen LogP contribution in [0.4, 0.5) is 0 Å². The molecule has 0 fully saturated rings. The molecule has 0 atom stereocenters. The quantitative estimate of drug-likeness (QED) is 0.854. The Kier molecular flexibility index (Phi) is 3.94. The average Bonchev–Trinajstić information content (AvgIpc) is 2.79. The average molecular weight is 229 g/mol. The third kappa shape index (κ3) is 2.74. The van der Waals surface area contributed by atoms with Gasteiger partial charge in [-0.15, -0.1) is 0 Å². The molecule has 0 radical (unpaired) electrons. The number of hydrogen-bond donors (Lipinski definition) is 1. The number of imidazole rings is 1. The molecular weight excluding hydrogens is 210 g/mol. The molecule has 2 rings (SSSR count). The Morgan fingerprint density at radius 1 is 1.35 bits per heavy atom. The molecule has 0 bridgehead atoms. The molecule has 3 heteroatoms. The van der Waals surface area contributed by atoms with Gasteiger partial charge in [0.15, 0.2) is 0 Å². The lowest BCUT2D eigenvalue weighted by Gasteiger charge is -2.09. The monoisotopic (exact) mass is 229 g/mol. The van der Waals surface area contributed by atoms with Gasteiger partial charge in [-0.2, -0.15) is 0 Å². The van der Waals surface area contributed by atoms with Crippen LogP contribution in [-0.4, -0.2) is 16.6 Å². The first-order valence-corrected chi connectivity index (χ1v) is 6.10. The van der Waals surface area contributed by atoms with Gasteiger partial charge >= 0.3 is 0 Å². The molecule has 90 valence electrons. The van der Waals surface area contributed by atoms with Crippen LogP contribution in [0.15, 0.2) is 36.8 Å². The molecule has 1 heterocycles. The van der Waals surface area contributed by atoms with E-state index in [2.05, 4.69) is 46.1 Å². The highest BCUT2D eigenvalue weighted by Crippen LogP contribution is 2.14. The molecule has 2 aromatic rings. The highest BCUT2D eigenvalue weighted by molar-refractivity contribution is 5.37. The minimum Gasteiger partial charge on any atom is -0.316 e. The fourth-order valence-corrected chi connectivity index (χ4v) is 2.02. The van der Waals surface area contributed by atoms with Crippen molar-refractivity contribution in [2.75, 3.05) is 7.05 Å². The minimum absolute atomic E-state index is 0.894. The van der Waals surface area contributed by atoms with Gasteiger partial charge in [0, 0.05) is 24.1 Å². The van der Waals surface area contributed by atoms with Gasteiger partial charge in [0.05, 0.1) is 6.33 Å². The van der Waals surface area contributed by atoms with Crippen molar-refractivity contribution in [3.8, 4) is 5.69 Å². The molecule has 0 amide bonds. The van der Waals surface area contributed by atoms with Crippen molar-refractivity contribution in [3.63, 3.8) is 0 Å². The number of aromatic nitrogens is 2. The van der Waals surface area contributed by atoms with Crippen molar-refractivity contribution >= 4 is 0 Å². The van der Waals surface area contributed by atoms with Crippen molar-refractivity contribution in [2.45, 2.75) is 26.3 Å². The first-order valence-electron chi connectivity index (χ1n) is 6.10. The van der Waals surface area contributed by atoms with Gasteiger partial charge in [0.25, 0.3) is 0 Å². The highest BCUT2D eigenvalue weighted by atomic mass is 15.0. The predicted molar refractivity (Wildman–Crippen MR) is 70.3 cm³/mol. The van der Waals surface area contributed by atoms with Crippen LogP contribution >= 0.6 is 0 Å². The third-order valence-corrected chi connectivity index (χ3v) is 2.79.